The Balaban J connectivity index is 2.81. The third-order valence-electron chi connectivity index (χ3n) is 1.23. The number of carbonyl (C=O) groups excluding carboxylic acids is 1. The summed E-state index contributed by atoms with van der Waals surface area (Å²) in [7, 11) is 0. The summed E-state index contributed by atoms with van der Waals surface area (Å²) in [5.41, 5.74) is 5.43. The number of carbonyl (C=O) groups is 1. The van der Waals surface area contributed by atoms with Crippen LogP contribution in [0.1, 0.15) is 10.4 Å². The van der Waals surface area contributed by atoms with Crippen molar-refractivity contribution in [1.29, 1.82) is 0 Å². The Morgan fingerprint density at radius 2 is 2.64 bits per heavy atom. The molecule has 58 valence electrons. The molecule has 0 unspecified atom stereocenters. The number of hydrogen-bond acceptors (Lipinski definition) is 2. The fourth-order valence-electron chi connectivity index (χ4n) is 0.723. The smallest absolute Gasteiger partial charge is 0.251 e. The number of rotatable bonds is 3. The van der Waals surface area contributed by atoms with E-state index in [-0.39, 0.29) is 0 Å². The molecule has 11 heavy (non-hydrogen) atoms. The topological polar surface area (TPSA) is 60.9 Å². The van der Waals surface area contributed by atoms with Gasteiger partial charge in [0.2, 0.25) is 0 Å². The predicted octanol–water partition coefficient (Wildman–Crippen LogP) is 0.168. The molecule has 0 saturated carbocycles. The lowest BCUT2D eigenvalue weighted by Crippen LogP contribution is -2.09. The Morgan fingerprint density at radius 1 is 1.91 bits per heavy atom. The minimum absolute atomic E-state index is 0.423. The molecule has 1 heterocycles. The molecule has 0 spiro atoms. The zero-order chi connectivity index (χ0) is 8.27. The average Bonchev–Trinajstić information content (AvgIpc) is 2.37. The Bertz CT molecular complexity index is 277. The average molecular weight is 151 g/mol. The molecular weight excluding hydrogens is 142 g/mol. The summed E-state index contributed by atoms with van der Waals surface area (Å²) in [6.45, 7) is 4.12. The first-order chi connectivity index (χ1) is 5.24. The zero-order valence-electron chi connectivity index (χ0n) is 6.03. The van der Waals surface area contributed by atoms with Gasteiger partial charge in [0.25, 0.3) is 5.91 Å². The van der Waals surface area contributed by atoms with Crippen LogP contribution < -0.4 is 5.73 Å². The molecule has 0 radical (unpaired) electrons. The number of nitrogens with two attached hydrogens (primary N) is 1. The fourth-order valence-corrected chi connectivity index (χ4v) is 0.723. The third kappa shape index (κ3) is 1.67. The van der Waals surface area contributed by atoms with E-state index in [2.05, 4.69) is 11.7 Å². The van der Waals surface area contributed by atoms with Crippen LogP contribution >= 0.6 is 0 Å². The van der Waals surface area contributed by atoms with Crippen LogP contribution in [0.25, 0.3) is 0 Å². The minimum Gasteiger partial charge on any atom is -0.366 e. The van der Waals surface area contributed by atoms with Crippen LogP contribution in [0.15, 0.2) is 25.0 Å². The molecule has 0 atom stereocenters. The van der Waals surface area contributed by atoms with E-state index in [1.807, 2.05) is 0 Å². The summed E-state index contributed by atoms with van der Waals surface area (Å²) < 4.78 is 1.59. The lowest BCUT2D eigenvalue weighted by atomic mass is 10.3. The molecule has 0 aliphatic rings. The number of nitrogens with zero attached hydrogens (tertiary/aromatic N) is 2. The van der Waals surface area contributed by atoms with E-state index in [0.29, 0.717) is 12.1 Å². The van der Waals surface area contributed by atoms with Crippen molar-refractivity contribution in [1.82, 2.24) is 9.78 Å². The van der Waals surface area contributed by atoms with Crippen molar-refractivity contribution < 1.29 is 4.79 Å². The van der Waals surface area contributed by atoms with Crippen LogP contribution in [-0.4, -0.2) is 15.7 Å². The molecule has 0 aliphatic heterocycles. The first-order valence-corrected chi connectivity index (χ1v) is 3.17. The number of aromatic nitrogens is 2. The van der Waals surface area contributed by atoms with Gasteiger partial charge in [0.15, 0.2) is 0 Å². The van der Waals surface area contributed by atoms with Gasteiger partial charge in [0.1, 0.15) is 0 Å². The zero-order valence-corrected chi connectivity index (χ0v) is 6.03. The van der Waals surface area contributed by atoms with Crippen molar-refractivity contribution in [2.24, 2.45) is 5.73 Å². The highest BCUT2D eigenvalue weighted by molar-refractivity contribution is 5.92. The lowest BCUT2D eigenvalue weighted by Gasteiger charge is -1.90. The molecule has 1 amide bonds. The van der Waals surface area contributed by atoms with Gasteiger partial charge in [-0.15, -0.1) is 6.58 Å². The van der Waals surface area contributed by atoms with Crippen LogP contribution in [-0.2, 0) is 6.54 Å². The normalized spacial score (nSPS) is 9.45. The van der Waals surface area contributed by atoms with Crippen molar-refractivity contribution in [2.75, 3.05) is 0 Å². The van der Waals surface area contributed by atoms with E-state index >= 15 is 0 Å². The van der Waals surface area contributed by atoms with Gasteiger partial charge in [0, 0.05) is 6.20 Å². The number of amides is 1. The molecule has 0 bridgehead atoms. The van der Waals surface area contributed by atoms with Crippen molar-refractivity contribution in [3.63, 3.8) is 0 Å². The maximum atomic E-state index is 10.6. The molecule has 0 aliphatic carbocycles. The summed E-state index contributed by atoms with van der Waals surface area (Å²) in [5.74, 6) is -0.458. The SMILES string of the molecule is C=CCn1cc(C(N)=O)cn1. The first kappa shape index (κ1) is 7.53. The van der Waals surface area contributed by atoms with E-state index in [1.165, 1.54) is 6.20 Å². The second-order valence-electron chi connectivity index (χ2n) is 2.10. The maximum absolute atomic E-state index is 10.6. The van der Waals surface area contributed by atoms with Crippen molar-refractivity contribution in [3.05, 3.63) is 30.6 Å². The Morgan fingerprint density at radius 3 is 3.09 bits per heavy atom. The molecule has 2 N–H and O–H groups in total. The summed E-state index contributed by atoms with van der Waals surface area (Å²) in [4.78, 5) is 10.6. The van der Waals surface area contributed by atoms with Gasteiger partial charge < -0.3 is 5.73 Å². The molecular formula is C7H9N3O. The summed E-state index contributed by atoms with van der Waals surface area (Å²) >= 11 is 0. The van der Waals surface area contributed by atoms with Gasteiger partial charge in [-0.3, -0.25) is 9.48 Å². The Hall–Kier alpha value is -1.58. The van der Waals surface area contributed by atoms with E-state index < -0.39 is 5.91 Å². The maximum Gasteiger partial charge on any atom is 0.251 e. The van der Waals surface area contributed by atoms with E-state index in [9.17, 15) is 4.79 Å². The molecule has 1 rings (SSSR count). The van der Waals surface area contributed by atoms with Crippen LogP contribution in [0, 0.1) is 0 Å². The molecule has 4 nitrogen and oxygen atoms in total. The molecule has 4 heteroatoms. The molecule has 1 aromatic rings. The highest BCUT2D eigenvalue weighted by atomic mass is 16.1. The van der Waals surface area contributed by atoms with Crippen molar-refractivity contribution in [2.45, 2.75) is 6.54 Å². The second kappa shape index (κ2) is 3.01. The van der Waals surface area contributed by atoms with Crippen LogP contribution in [0.3, 0.4) is 0 Å². The van der Waals surface area contributed by atoms with Gasteiger partial charge in [-0.05, 0) is 0 Å². The summed E-state index contributed by atoms with van der Waals surface area (Å²) in [5, 5.41) is 3.87. The third-order valence-corrected chi connectivity index (χ3v) is 1.23. The van der Waals surface area contributed by atoms with Gasteiger partial charge in [-0.25, -0.2) is 0 Å². The monoisotopic (exact) mass is 151 g/mol. The molecule has 0 fully saturated rings. The fraction of sp³-hybridized carbons (Fsp3) is 0.143. The van der Waals surface area contributed by atoms with Crippen molar-refractivity contribution in [3.8, 4) is 0 Å². The standard InChI is InChI=1S/C7H9N3O/c1-2-3-10-5-6(4-9-10)7(8)11/h2,4-5H,1,3H2,(H2,8,11). The highest BCUT2D eigenvalue weighted by Gasteiger charge is 2.01. The van der Waals surface area contributed by atoms with E-state index in [4.69, 9.17) is 5.73 Å². The highest BCUT2D eigenvalue weighted by Crippen LogP contribution is 1.95. The van der Waals surface area contributed by atoms with Crippen LogP contribution in [0.4, 0.5) is 0 Å². The molecule has 0 aromatic carbocycles. The first-order valence-electron chi connectivity index (χ1n) is 3.17. The van der Waals surface area contributed by atoms with Crippen LogP contribution in [0.5, 0.6) is 0 Å². The largest absolute Gasteiger partial charge is 0.366 e. The second-order valence-corrected chi connectivity index (χ2v) is 2.10. The Labute approximate surface area is 64.3 Å². The summed E-state index contributed by atoms with van der Waals surface area (Å²) in [6.07, 6.45) is 4.72. The molecule has 0 saturated heterocycles. The number of primary amides is 1. The van der Waals surface area contributed by atoms with Gasteiger partial charge in [-0.2, -0.15) is 5.10 Å². The number of allylic oxidation sites excluding steroid dienone is 1. The quantitative estimate of drug-likeness (QED) is 0.626. The van der Waals surface area contributed by atoms with E-state index in [1.54, 1.807) is 17.0 Å². The predicted molar refractivity (Wildman–Crippen MR) is 40.9 cm³/mol. The Kier molecular flexibility index (Phi) is 2.06. The van der Waals surface area contributed by atoms with Gasteiger partial charge >= 0.3 is 0 Å². The molecule has 1 aromatic heterocycles. The van der Waals surface area contributed by atoms with E-state index in [0.717, 1.165) is 0 Å². The summed E-state index contributed by atoms with van der Waals surface area (Å²) in [6, 6.07) is 0. The lowest BCUT2D eigenvalue weighted by molar-refractivity contribution is 0.1000. The van der Waals surface area contributed by atoms with Crippen molar-refractivity contribution >= 4 is 5.91 Å². The number of hydrogen-bond donors (Lipinski definition) is 1. The van der Waals surface area contributed by atoms with Gasteiger partial charge in [0.05, 0.1) is 18.3 Å². The van der Waals surface area contributed by atoms with Crippen LogP contribution in [0.2, 0.25) is 0 Å². The van der Waals surface area contributed by atoms with Gasteiger partial charge in [-0.1, -0.05) is 6.08 Å². The minimum atomic E-state index is -0.458.